The molecule has 2 saturated carbocycles. The van der Waals surface area contributed by atoms with Gasteiger partial charge in [-0.05, 0) is 24.7 Å². The highest BCUT2D eigenvalue weighted by Gasteiger charge is 2.48. The van der Waals surface area contributed by atoms with E-state index in [-0.39, 0.29) is 0 Å². The largest absolute Gasteiger partial charge is 0.0820 e. The fourth-order valence-electron chi connectivity index (χ4n) is 1.90. The van der Waals surface area contributed by atoms with Gasteiger partial charge in [0, 0.05) is 3.92 Å². The predicted molar refractivity (Wildman–Crippen MR) is 43.3 cm³/mol. The Morgan fingerprint density at radius 1 is 1.00 bits per heavy atom. The monoisotopic (exact) mass is 222 g/mol. The molecule has 2 fully saturated rings. The Hall–Kier alpha value is 0.730. The van der Waals surface area contributed by atoms with Gasteiger partial charge < -0.3 is 0 Å². The van der Waals surface area contributed by atoms with Crippen molar-refractivity contribution in [2.75, 3.05) is 0 Å². The van der Waals surface area contributed by atoms with Crippen LogP contribution in [0.15, 0.2) is 0 Å². The molecule has 0 N–H and O–H groups in total. The molecule has 2 rings (SSSR count). The van der Waals surface area contributed by atoms with Crippen molar-refractivity contribution < 1.29 is 0 Å². The van der Waals surface area contributed by atoms with Gasteiger partial charge in [0.2, 0.25) is 0 Å². The highest BCUT2D eigenvalue weighted by molar-refractivity contribution is 14.1. The average Bonchev–Trinajstić information content (AvgIpc) is 2.46. The minimum Gasteiger partial charge on any atom is -0.0820 e. The van der Waals surface area contributed by atoms with Crippen LogP contribution in [0, 0.1) is 11.8 Å². The molecule has 0 nitrogen and oxygen atoms in total. The second kappa shape index (κ2) is 1.86. The molecule has 0 spiro atoms. The van der Waals surface area contributed by atoms with Crippen molar-refractivity contribution in [2.24, 2.45) is 11.8 Å². The molecule has 0 amide bonds. The topological polar surface area (TPSA) is 0 Å². The molecule has 0 aromatic carbocycles. The third kappa shape index (κ3) is 0.703. The predicted octanol–water partition coefficient (Wildman–Crippen LogP) is 2.61. The van der Waals surface area contributed by atoms with Crippen molar-refractivity contribution in [2.45, 2.75) is 29.6 Å². The molecular weight excluding hydrogens is 211 g/mol. The summed E-state index contributed by atoms with van der Waals surface area (Å²) in [6.45, 7) is 0. The number of fused-ring (bicyclic) bond motifs is 1. The molecule has 0 aliphatic heterocycles. The van der Waals surface area contributed by atoms with Gasteiger partial charge in [0.25, 0.3) is 0 Å². The summed E-state index contributed by atoms with van der Waals surface area (Å²) in [7, 11) is 0. The van der Waals surface area contributed by atoms with E-state index in [1.165, 1.54) is 25.7 Å². The minimum atomic E-state index is 1.08. The van der Waals surface area contributed by atoms with E-state index in [2.05, 4.69) is 22.6 Å². The second-order valence-corrected chi connectivity index (χ2v) is 4.49. The summed E-state index contributed by atoms with van der Waals surface area (Å²) in [5.41, 5.74) is 0. The molecule has 0 saturated heterocycles. The molecule has 0 bridgehead atoms. The molecule has 0 aromatic rings. The van der Waals surface area contributed by atoms with Gasteiger partial charge in [-0.3, -0.25) is 0 Å². The summed E-state index contributed by atoms with van der Waals surface area (Å²) in [6.07, 6.45) is 6.11. The summed E-state index contributed by atoms with van der Waals surface area (Å²) in [5.74, 6) is 2.31. The van der Waals surface area contributed by atoms with Crippen LogP contribution < -0.4 is 0 Å². The van der Waals surface area contributed by atoms with Gasteiger partial charge in [0.1, 0.15) is 0 Å². The van der Waals surface area contributed by atoms with E-state index in [1.54, 1.807) is 0 Å². The maximum Gasteiger partial charge on any atom is 0.0172 e. The quantitative estimate of drug-likeness (QED) is 0.436. The van der Waals surface area contributed by atoms with E-state index in [0.717, 1.165) is 15.8 Å². The number of alkyl halides is 1. The van der Waals surface area contributed by atoms with Crippen molar-refractivity contribution in [3.8, 4) is 0 Å². The first-order valence-electron chi connectivity index (χ1n) is 3.53. The van der Waals surface area contributed by atoms with Crippen LogP contribution in [-0.4, -0.2) is 3.92 Å². The number of hydrogen-bond donors (Lipinski definition) is 0. The first-order chi connectivity index (χ1) is 3.89. The lowest BCUT2D eigenvalue weighted by Gasteiger charge is -2.04. The normalized spacial score (nSPS) is 52.9. The Balaban J connectivity index is 1.97. The maximum absolute atomic E-state index is 2.62. The van der Waals surface area contributed by atoms with Crippen LogP contribution in [0.2, 0.25) is 0 Å². The van der Waals surface area contributed by atoms with Crippen molar-refractivity contribution in [3.63, 3.8) is 0 Å². The first kappa shape index (κ1) is 5.51. The molecule has 2 aliphatic carbocycles. The van der Waals surface area contributed by atoms with Crippen LogP contribution in [-0.2, 0) is 0 Å². The van der Waals surface area contributed by atoms with Crippen LogP contribution >= 0.6 is 22.6 Å². The molecule has 2 atom stereocenters. The Morgan fingerprint density at radius 3 is 1.88 bits per heavy atom. The fraction of sp³-hybridized carbons (Fsp3) is 1.00. The highest BCUT2D eigenvalue weighted by atomic mass is 127. The summed E-state index contributed by atoms with van der Waals surface area (Å²) in [4.78, 5) is 0. The van der Waals surface area contributed by atoms with Crippen molar-refractivity contribution in [3.05, 3.63) is 0 Å². The Kier molecular flexibility index (Phi) is 1.28. The number of hydrogen-bond acceptors (Lipinski definition) is 0. The van der Waals surface area contributed by atoms with Crippen molar-refractivity contribution in [1.82, 2.24) is 0 Å². The van der Waals surface area contributed by atoms with Crippen LogP contribution in [0.1, 0.15) is 25.7 Å². The van der Waals surface area contributed by atoms with Crippen LogP contribution in [0.5, 0.6) is 0 Å². The standard InChI is InChI=1S/C7H11I/c8-7-5-3-1-2-4-6(5)7/h5-7H,1-4H2. The van der Waals surface area contributed by atoms with Gasteiger partial charge in [-0.25, -0.2) is 0 Å². The third-order valence-corrected chi connectivity index (χ3v) is 4.40. The smallest absolute Gasteiger partial charge is 0.0172 e. The molecule has 2 aliphatic rings. The average molecular weight is 222 g/mol. The van der Waals surface area contributed by atoms with Gasteiger partial charge in [-0.15, -0.1) is 0 Å². The number of halogens is 1. The van der Waals surface area contributed by atoms with E-state index in [0.29, 0.717) is 0 Å². The minimum absolute atomic E-state index is 1.08. The Labute approximate surface area is 64.2 Å². The van der Waals surface area contributed by atoms with Crippen LogP contribution in [0.3, 0.4) is 0 Å². The fourth-order valence-corrected chi connectivity index (χ4v) is 3.45. The summed E-state index contributed by atoms with van der Waals surface area (Å²) < 4.78 is 1.08. The van der Waals surface area contributed by atoms with Gasteiger partial charge in [0.05, 0.1) is 0 Å². The molecule has 0 heterocycles. The highest BCUT2D eigenvalue weighted by Crippen LogP contribution is 2.54. The molecule has 8 heavy (non-hydrogen) atoms. The van der Waals surface area contributed by atoms with Gasteiger partial charge in [-0.2, -0.15) is 0 Å². The van der Waals surface area contributed by atoms with Gasteiger partial charge >= 0.3 is 0 Å². The maximum atomic E-state index is 2.62. The summed E-state index contributed by atoms with van der Waals surface area (Å²) in [5, 5.41) is 0. The van der Waals surface area contributed by atoms with Crippen LogP contribution in [0.25, 0.3) is 0 Å². The van der Waals surface area contributed by atoms with Crippen molar-refractivity contribution >= 4 is 22.6 Å². The Bertz CT molecular complexity index is 88.6. The molecule has 2 unspecified atom stereocenters. The molecule has 0 aromatic heterocycles. The zero-order valence-electron chi connectivity index (χ0n) is 4.94. The van der Waals surface area contributed by atoms with Crippen molar-refractivity contribution in [1.29, 1.82) is 0 Å². The summed E-state index contributed by atoms with van der Waals surface area (Å²) >= 11 is 2.62. The van der Waals surface area contributed by atoms with E-state index in [4.69, 9.17) is 0 Å². The zero-order chi connectivity index (χ0) is 5.56. The lowest BCUT2D eigenvalue weighted by molar-refractivity contribution is 0.480. The number of rotatable bonds is 0. The van der Waals surface area contributed by atoms with E-state index in [1.807, 2.05) is 0 Å². The van der Waals surface area contributed by atoms with E-state index in [9.17, 15) is 0 Å². The Morgan fingerprint density at radius 2 is 1.50 bits per heavy atom. The SMILES string of the molecule is IC1C2CCCCC12. The third-order valence-electron chi connectivity index (χ3n) is 2.55. The molecule has 46 valence electrons. The lowest BCUT2D eigenvalue weighted by Crippen LogP contribution is -1.91. The molecule has 1 heteroatoms. The van der Waals surface area contributed by atoms with Crippen LogP contribution in [0.4, 0.5) is 0 Å². The lowest BCUT2D eigenvalue weighted by atomic mass is 10.0. The van der Waals surface area contributed by atoms with E-state index >= 15 is 0 Å². The van der Waals surface area contributed by atoms with Gasteiger partial charge in [-0.1, -0.05) is 35.4 Å². The van der Waals surface area contributed by atoms with E-state index < -0.39 is 0 Å². The zero-order valence-corrected chi connectivity index (χ0v) is 7.10. The first-order valence-corrected chi connectivity index (χ1v) is 4.78. The van der Waals surface area contributed by atoms with Gasteiger partial charge in [0.15, 0.2) is 0 Å². The second-order valence-electron chi connectivity index (χ2n) is 3.06. The molecule has 0 radical (unpaired) electrons. The molecular formula is C7H11I. The summed E-state index contributed by atoms with van der Waals surface area (Å²) in [6, 6.07) is 0.